The van der Waals surface area contributed by atoms with Crippen molar-refractivity contribution in [2.45, 2.75) is 65.8 Å². The number of ketones is 1. The van der Waals surface area contributed by atoms with E-state index in [-0.39, 0.29) is 11.9 Å². The van der Waals surface area contributed by atoms with Crippen molar-refractivity contribution in [1.82, 2.24) is 0 Å². The quantitative estimate of drug-likeness (QED) is 0.628. The SMILES string of the molecule is CCC(=O)C(C)OC(=O)C(C)OC(C)CC. The minimum Gasteiger partial charge on any atom is -0.453 e. The molecule has 3 unspecified atom stereocenters. The Labute approximate surface area is 97.3 Å². The largest absolute Gasteiger partial charge is 0.453 e. The molecule has 0 aliphatic rings. The van der Waals surface area contributed by atoms with Gasteiger partial charge in [0, 0.05) is 6.42 Å². The first kappa shape index (κ1) is 15.1. The number of Topliss-reactive ketones (excluding diaryl/α,β-unsaturated/α-hetero) is 1. The molecule has 0 spiro atoms. The van der Waals surface area contributed by atoms with Crippen molar-refractivity contribution in [1.29, 1.82) is 0 Å². The Morgan fingerprint density at radius 1 is 1.06 bits per heavy atom. The van der Waals surface area contributed by atoms with E-state index in [9.17, 15) is 9.59 Å². The second-order valence-electron chi connectivity index (χ2n) is 3.90. The zero-order chi connectivity index (χ0) is 12.7. The average Bonchev–Trinajstić information content (AvgIpc) is 2.27. The summed E-state index contributed by atoms with van der Waals surface area (Å²) in [6.07, 6.45) is -0.0851. The number of carbonyl (C=O) groups is 2. The van der Waals surface area contributed by atoms with E-state index in [2.05, 4.69) is 0 Å². The lowest BCUT2D eigenvalue weighted by Gasteiger charge is -2.19. The monoisotopic (exact) mass is 230 g/mol. The standard InChI is InChI=1S/C12H22O4/c1-6-8(3)15-10(5)12(14)16-9(4)11(13)7-2/h8-10H,6-7H2,1-5H3. The number of carbonyl (C=O) groups excluding carboxylic acids is 2. The number of hydrogen-bond acceptors (Lipinski definition) is 4. The van der Waals surface area contributed by atoms with Gasteiger partial charge in [-0.3, -0.25) is 4.79 Å². The molecule has 3 atom stereocenters. The second kappa shape index (κ2) is 7.39. The van der Waals surface area contributed by atoms with Crippen LogP contribution in [0.4, 0.5) is 0 Å². The van der Waals surface area contributed by atoms with Crippen LogP contribution in [0.1, 0.15) is 47.5 Å². The third-order valence-corrected chi connectivity index (χ3v) is 2.44. The van der Waals surface area contributed by atoms with Crippen molar-refractivity contribution in [3.63, 3.8) is 0 Å². The van der Waals surface area contributed by atoms with Gasteiger partial charge in [0.2, 0.25) is 0 Å². The normalized spacial score (nSPS) is 16.3. The Morgan fingerprint density at radius 2 is 1.62 bits per heavy atom. The Kier molecular flexibility index (Phi) is 6.97. The molecule has 0 aliphatic carbocycles. The topological polar surface area (TPSA) is 52.6 Å². The van der Waals surface area contributed by atoms with Crippen LogP contribution < -0.4 is 0 Å². The van der Waals surface area contributed by atoms with Gasteiger partial charge in [-0.2, -0.15) is 0 Å². The molecule has 0 heterocycles. The Balaban J connectivity index is 4.10. The number of rotatable bonds is 7. The molecule has 0 aromatic rings. The van der Waals surface area contributed by atoms with Crippen LogP contribution in [0.2, 0.25) is 0 Å². The summed E-state index contributed by atoms with van der Waals surface area (Å²) in [4.78, 5) is 22.8. The fourth-order valence-corrected chi connectivity index (χ4v) is 1.12. The number of ether oxygens (including phenoxy) is 2. The molecular weight excluding hydrogens is 208 g/mol. The minimum absolute atomic E-state index is 0.0136. The van der Waals surface area contributed by atoms with Crippen molar-refractivity contribution in [2.24, 2.45) is 0 Å². The van der Waals surface area contributed by atoms with Gasteiger partial charge in [-0.05, 0) is 27.2 Å². The minimum atomic E-state index is -0.680. The maximum absolute atomic E-state index is 11.5. The van der Waals surface area contributed by atoms with E-state index in [1.165, 1.54) is 0 Å². The summed E-state index contributed by atoms with van der Waals surface area (Å²) in [6, 6.07) is 0. The van der Waals surface area contributed by atoms with E-state index in [0.717, 1.165) is 6.42 Å². The highest BCUT2D eigenvalue weighted by Crippen LogP contribution is 2.06. The molecule has 94 valence electrons. The molecule has 0 radical (unpaired) electrons. The zero-order valence-corrected chi connectivity index (χ0v) is 10.8. The van der Waals surface area contributed by atoms with E-state index < -0.39 is 18.2 Å². The number of hydrogen-bond donors (Lipinski definition) is 0. The van der Waals surface area contributed by atoms with Gasteiger partial charge in [0.25, 0.3) is 0 Å². The first-order valence-corrected chi connectivity index (χ1v) is 5.80. The molecule has 0 amide bonds. The molecule has 16 heavy (non-hydrogen) atoms. The summed E-state index contributed by atoms with van der Waals surface area (Å²) in [6.45, 7) is 8.83. The summed E-state index contributed by atoms with van der Waals surface area (Å²) in [7, 11) is 0. The van der Waals surface area contributed by atoms with E-state index >= 15 is 0 Å². The fourth-order valence-electron chi connectivity index (χ4n) is 1.12. The van der Waals surface area contributed by atoms with Crippen LogP contribution in [-0.4, -0.2) is 30.1 Å². The Morgan fingerprint density at radius 3 is 2.06 bits per heavy atom. The zero-order valence-electron chi connectivity index (χ0n) is 10.8. The smallest absolute Gasteiger partial charge is 0.335 e. The second-order valence-corrected chi connectivity index (χ2v) is 3.90. The summed E-state index contributed by atoms with van der Waals surface area (Å²) in [5.74, 6) is -0.557. The summed E-state index contributed by atoms with van der Waals surface area (Å²) >= 11 is 0. The first-order chi connectivity index (χ1) is 7.42. The predicted octanol–water partition coefficient (Wildman–Crippen LogP) is 2.10. The van der Waals surface area contributed by atoms with Gasteiger partial charge < -0.3 is 9.47 Å². The van der Waals surface area contributed by atoms with Crippen LogP contribution in [0.25, 0.3) is 0 Å². The molecule has 0 saturated heterocycles. The molecule has 0 bridgehead atoms. The lowest BCUT2D eigenvalue weighted by atomic mass is 10.2. The highest BCUT2D eigenvalue weighted by atomic mass is 16.6. The van der Waals surface area contributed by atoms with Crippen LogP contribution >= 0.6 is 0 Å². The van der Waals surface area contributed by atoms with Crippen LogP contribution in [0, 0.1) is 0 Å². The van der Waals surface area contributed by atoms with E-state index in [1.54, 1.807) is 20.8 Å². The molecule has 4 nitrogen and oxygen atoms in total. The average molecular weight is 230 g/mol. The van der Waals surface area contributed by atoms with Gasteiger partial charge in [-0.15, -0.1) is 0 Å². The molecule has 0 aromatic carbocycles. The van der Waals surface area contributed by atoms with Crippen molar-refractivity contribution in [3.8, 4) is 0 Å². The van der Waals surface area contributed by atoms with E-state index in [1.807, 2.05) is 13.8 Å². The van der Waals surface area contributed by atoms with Crippen molar-refractivity contribution in [3.05, 3.63) is 0 Å². The predicted molar refractivity (Wildman–Crippen MR) is 61.2 cm³/mol. The Hall–Kier alpha value is -0.900. The maximum atomic E-state index is 11.5. The highest BCUT2D eigenvalue weighted by Gasteiger charge is 2.22. The Bertz CT molecular complexity index is 237. The molecule has 0 aliphatic heterocycles. The van der Waals surface area contributed by atoms with Gasteiger partial charge in [-0.25, -0.2) is 4.79 Å². The molecule has 0 saturated carbocycles. The van der Waals surface area contributed by atoms with Gasteiger partial charge in [0.15, 0.2) is 18.0 Å². The van der Waals surface area contributed by atoms with E-state index in [0.29, 0.717) is 6.42 Å². The van der Waals surface area contributed by atoms with Crippen LogP contribution in [0.3, 0.4) is 0 Å². The van der Waals surface area contributed by atoms with Crippen LogP contribution in [0.15, 0.2) is 0 Å². The first-order valence-electron chi connectivity index (χ1n) is 5.80. The highest BCUT2D eigenvalue weighted by molar-refractivity contribution is 5.85. The van der Waals surface area contributed by atoms with Gasteiger partial charge in [0.05, 0.1) is 6.10 Å². The molecule has 0 N–H and O–H groups in total. The summed E-state index contributed by atoms with van der Waals surface area (Å²) in [5.41, 5.74) is 0. The van der Waals surface area contributed by atoms with Crippen LogP contribution in [0.5, 0.6) is 0 Å². The molecule has 0 rings (SSSR count). The van der Waals surface area contributed by atoms with Crippen molar-refractivity contribution in [2.75, 3.05) is 0 Å². The van der Waals surface area contributed by atoms with Crippen molar-refractivity contribution >= 4 is 11.8 Å². The third-order valence-electron chi connectivity index (χ3n) is 2.44. The van der Waals surface area contributed by atoms with Gasteiger partial charge in [-0.1, -0.05) is 13.8 Å². The van der Waals surface area contributed by atoms with Crippen molar-refractivity contribution < 1.29 is 19.1 Å². The number of esters is 1. The molecule has 0 aromatic heterocycles. The molecule has 4 heteroatoms. The lowest BCUT2D eigenvalue weighted by Crippen LogP contribution is -2.32. The molecular formula is C12H22O4. The maximum Gasteiger partial charge on any atom is 0.335 e. The summed E-state index contributed by atoms with van der Waals surface area (Å²) < 4.78 is 10.4. The fraction of sp³-hybridized carbons (Fsp3) is 0.833. The van der Waals surface area contributed by atoms with Gasteiger partial charge in [0.1, 0.15) is 0 Å². The van der Waals surface area contributed by atoms with Gasteiger partial charge >= 0.3 is 5.97 Å². The lowest BCUT2D eigenvalue weighted by molar-refractivity contribution is -0.166. The molecule has 0 fully saturated rings. The van der Waals surface area contributed by atoms with Crippen LogP contribution in [-0.2, 0) is 19.1 Å². The summed E-state index contributed by atoms with van der Waals surface area (Å²) in [5, 5.41) is 0. The van der Waals surface area contributed by atoms with E-state index in [4.69, 9.17) is 9.47 Å². The third kappa shape index (κ3) is 5.26.